The van der Waals surface area contributed by atoms with Crippen LogP contribution in [0, 0.1) is 6.92 Å². The molecular formula is C13H19NO3S. The van der Waals surface area contributed by atoms with E-state index in [4.69, 9.17) is 4.74 Å². The number of nitrogens with zero attached hydrogens (tertiary/aromatic N) is 1. The fraction of sp³-hybridized carbons (Fsp3) is 0.538. The monoisotopic (exact) mass is 269 g/mol. The van der Waals surface area contributed by atoms with E-state index in [-0.39, 0.29) is 12.2 Å². The molecule has 1 saturated heterocycles. The highest BCUT2D eigenvalue weighted by Gasteiger charge is 2.31. The lowest BCUT2D eigenvalue weighted by atomic mass is 10.1. The normalized spacial score (nSPS) is 26.2. The molecule has 1 fully saturated rings. The van der Waals surface area contributed by atoms with Crippen LogP contribution in [-0.2, 0) is 14.8 Å². The van der Waals surface area contributed by atoms with E-state index >= 15 is 0 Å². The first-order chi connectivity index (χ1) is 8.36. The van der Waals surface area contributed by atoms with Crippen molar-refractivity contribution >= 4 is 10.0 Å². The second-order valence-electron chi connectivity index (χ2n) is 4.93. The predicted molar refractivity (Wildman–Crippen MR) is 70.9 cm³/mol. The first kappa shape index (κ1) is 13.5. The van der Waals surface area contributed by atoms with Crippen molar-refractivity contribution in [2.24, 2.45) is 0 Å². The van der Waals surface area contributed by atoms with E-state index in [0.717, 1.165) is 5.56 Å². The lowest BCUT2D eigenvalue weighted by molar-refractivity contribution is -0.0555. The Balaban J connectivity index is 2.21. The van der Waals surface area contributed by atoms with Gasteiger partial charge in [0.15, 0.2) is 0 Å². The number of ether oxygens (including phenoxy) is 1. The van der Waals surface area contributed by atoms with Gasteiger partial charge in [0.1, 0.15) is 0 Å². The molecule has 0 saturated carbocycles. The molecule has 0 aromatic heterocycles. The van der Waals surface area contributed by atoms with Crippen LogP contribution in [0.1, 0.15) is 24.2 Å². The summed E-state index contributed by atoms with van der Waals surface area (Å²) in [6, 6.07) is 8.03. The van der Waals surface area contributed by atoms with Gasteiger partial charge in [0.2, 0.25) is 10.0 Å². The minimum absolute atomic E-state index is 0.0835. The Morgan fingerprint density at radius 1 is 1.22 bits per heavy atom. The summed E-state index contributed by atoms with van der Waals surface area (Å²) in [5, 5.41) is 0. The van der Waals surface area contributed by atoms with Gasteiger partial charge in [-0.25, -0.2) is 8.42 Å². The SMILES string of the molecule is Cc1ccc(C2CN(S(C)(=O)=O)CC(C)O2)cc1. The summed E-state index contributed by atoms with van der Waals surface area (Å²) in [5.74, 6) is 0. The molecule has 1 aromatic carbocycles. The zero-order chi connectivity index (χ0) is 13.3. The fourth-order valence-corrected chi connectivity index (χ4v) is 3.04. The second kappa shape index (κ2) is 4.99. The van der Waals surface area contributed by atoms with E-state index in [1.54, 1.807) is 0 Å². The summed E-state index contributed by atoms with van der Waals surface area (Å²) in [6.45, 7) is 4.75. The Kier molecular flexibility index (Phi) is 3.75. The van der Waals surface area contributed by atoms with Crippen molar-refractivity contribution in [2.45, 2.75) is 26.1 Å². The third kappa shape index (κ3) is 3.10. The molecule has 18 heavy (non-hydrogen) atoms. The fourth-order valence-electron chi connectivity index (χ4n) is 2.15. The molecule has 2 unspecified atom stereocenters. The molecule has 1 aromatic rings. The molecule has 1 aliphatic heterocycles. The molecule has 0 bridgehead atoms. The van der Waals surface area contributed by atoms with Gasteiger partial charge in [0.05, 0.1) is 18.5 Å². The van der Waals surface area contributed by atoms with E-state index in [2.05, 4.69) is 0 Å². The van der Waals surface area contributed by atoms with Gasteiger partial charge in [-0.1, -0.05) is 29.8 Å². The summed E-state index contributed by atoms with van der Waals surface area (Å²) in [4.78, 5) is 0. The maximum absolute atomic E-state index is 11.6. The van der Waals surface area contributed by atoms with Crippen molar-refractivity contribution in [3.05, 3.63) is 35.4 Å². The number of morpholine rings is 1. The van der Waals surface area contributed by atoms with Gasteiger partial charge in [0, 0.05) is 13.1 Å². The number of aryl methyl sites for hydroxylation is 1. The molecule has 1 aliphatic rings. The molecule has 0 spiro atoms. The molecule has 1 heterocycles. The molecule has 5 heteroatoms. The van der Waals surface area contributed by atoms with E-state index in [1.165, 1.54) is 16.1 Å². The summed E-state index contributed by atoms with van der Waals surface area (Å²) in [6.07, 6.45) is 0.987. The van der Waals surface area contributed by atoms with Gasteiger partial charge < -0.3 is 4.74 Å². The van der Waals surface area contributed by atoms with Crippen molar-refractivity contribution < 1.29 is 13.2 Å². The average molecular weight is 269 g/mol. The predicted octanol–water partition coefficient (Wildman–Crippen LogP) is 1.72. The van der Waals surface area contributed by atoms with Crippen molar-refractivity contribution in [1.82, 2.24) is 4.31 Å². The topological polar surface area (TPSA) is 46.6 Å². The smallest absolute Gasteiger partial charge is 0.211 e. The third-order valence-electron chi connectivity index (χ3n) is 3.14. The quantitative estimate of drug-likeness (QED) is 0.821. The van der Waals surface area contributed by atoms with E-state index in [9.17, 15) is 8.42 Å². The maximum Gasteiger partial charge on any atom is 0.211 e. The van der Waals surface area contributed by atoms with Crippen LogP contribution in [0.3, 0.4) is 0 Å². The zero-order valence-corrected chi connectivity index (χ0v) is 11.8. The van der Waals surface area contributed by atoms with Crippen LogP contribution in [0.2, 0.25) is 0 Å². The van der Waals surface area contributed by atoms with Crippen LogP contribution >= 0.6 is 0 Å². The highest BCUT2D eigenvalue weighted by molar-refractivity contribution is 7.88. The standard InChI is InChI=1S/C13H19NO3S/c1-10-4-6-12(7-5-10)13-9-14(18(3,15)16)8-11(2)17-13/h4-7,11,13H,8-9H2,1-3H3. The van der Waals surface area contributed by atoms with Crippen molar-refractivity contribution in [2.75, 3.05) is 19.3 Å². The number of hydrogen-bond acceptors (Lipinski definition) is 3. The van der Waals surface area contributed by atoms with Crippen LogP contribution in [0.5, 0.6) is 0 Å². The largest absolute Gasteiger partial charge is 0.368 e. The van der Waals surface area contributed by atoms with E-state index < -0.39 is 10.0 Å². The van der Waals surface area contributed by atoms with Crippen molar-refractivity contribution in [3.63, 3.8) is 0 Å². The minimum Gasteiger partial charge on any atom is -0.368 e. The molecule has 0 amide bonds. The summed E-state index contributed by atoms with van der Waals surface area (Å²) >= 11 is 0. The number of sulfonamides is 1. The van der Waals surface area contributed by atoms with Gasteiger partial charge in [-0.3, -0.25) is 0 Å². The number of hydrogen-bond donors (Lipinski definition) is 0. The maximum atomic E-state index is 11.6. The van der Waals surface area contributed by atoms with Gasteiger partial charge in [-0.15, -0.1) is 0 Å². The number of rotatable bonds is 2. The van der Waals surface area contributed by atoms with Crippen LogP contribution in [-0.4, -0.2) is 38.2 Å². The Morgan fingerprint density at radius 2 is 1.83 bits per heavy atom. The molecule has 100 valence electrons. The van der Waals surface area contributed by atoms with Crippen LogP contribution in [0.25, 0.3) is 0 Å². The molecule has 0 N–H and O–H groups in total. The molecule has 2 atom stereocenters. The molecule has 0 aliphatic carbocycles. The van der Waals surface area contributed by atoms with Gasteiger partial charge >= 0.3 is 0 Å². The van der Waals surface area contributed by atoms with Crippen LogP contribution in [0.15, 0.2) is 24.3 Å². The van der Waals surface area contributed by atoms with E-state index in [1.807, 2.05) is 38.1 Å². The highest BCUT2D eigenvalue weighted by atomic mass is 32.2. The van der Waals surface area contributed by atoms with Crippen molar-refractivity contribution in [3.8, 4) is 0 Å². The molecule has 0 radical (unpaired) electrons. The zero-order valence-electron chi connectivity index (χ0n) is 11.0. The van der Waals surface area contributed by atoms with Crippen molar-refractivity contribution in [1.29, 1.82) is 0 Å². The second-order valence-corrected chi connectivity index (χ2v) is 6.91. The first-order valence-corrected chi connectivity index (χ1v) is 7.88. The lowest BCUT2D eigenvalue weighted by Crippen LogP contribution is -2.45. The minimum atomic E-state index is -3.15. The van der Waals surface area contributed by atoms with Crippen LogP contribution < -0.4 is 0 Å². The average Bonchev–Trinajstić information content (AvgIpc) is 2.28. The Morgan fingerprint density at radius 3 is 2.39 bits per heavy atom. The Labute approximate surface area is 109 Å². The van der Waals surface area contributed by atoms with Gasteiger partial charge in [-0.2, -0.15) is 4.31 Å². The van der Waals surface area contributed by atoms with Gasteiger partial charge in [0.25, 0.3) is 0 Å². The third-order valence-corrected chi connectivity index (χ3v) is 4.38. The van der Waals surface area contributed by atoms with E-state index in [0.29, 0.717) is 13.1 Å². The Bertz CT molecular complexity index is 510. The molecule has 2 rings (SSSR count). The Hall–Kier alpha value is -0.910. The van der Waals surface area contributed by atoms with Crippen LogP contribution in [0.4, 0.5) is 0 Å². The molecular weight excluding hydrogens is 250 g/mol. The first-order valence-electron chi connectivity index (χ1n) is 6.03. The summed E-state index contributed by atoms with van der Waals surface area (Å²) in [5.41, 5.74) is 2.21. The van der Waals surface area contributed by atoms with Gasteiger partial charge in [-0.05, 0) is 19.4 Å². The lowest BCUT2D eigenvalue weighted by Gasteiger charge is -2.35. The highest BCUT2D eigenvalue weighted by Crippen LogP contribution is 2.26. The summed E-state index contributed by atoms with van der Waals surface area (Å²) in [7, 11) is -3.15. The molecule has 4 nitrogen and oxygen atoms in total. The summed E-state index contributed by atoms with van der Waals surface area (Å²) < 4.78 is 30.6. The number of benzene rings is 1.